The predicted molar refractivity (Wildman–Crippen MR) is 101 cm³/mol. The summed E-state index contributed by atoms with van der Waals surface area (Å²) in [5.74, 6) is 1.19. The fourth-order valence-electron chi connectivity index (χ4n) is 3.03. The van der Waals surface area contributed by atoms with Crippen molar-refractivity contribution in [2.24, 2.45) is 5.73 Å². The Hall–Kier alpha value is -1.49. The smallest absolute Gasteiger partial charge is 0.223 e. The van der Waals surface area contributed by atoms with E-state index in [0.717, 1.165) is 22.2 Å². The first-order chi connectivity index (χ1) is 11.6. The minimum Gasteiger partial charge on any atom is -0.340 e. The van der Waals surface area contributed by atoms with Gasteiger partial charge in [0.15, 0.2) is 0 Å². The standard InChI is InChI=1S/C19H21ClN2OS/c20-15-6-8-16(9-7-15)24-11-10-19(23)22-12-17(18(21)13-22)14-4-2-1-3-5-14/h1-9,17-18H,10-13,21H2/t17-,18+/m0/s1. The molecule has 24 heavy (non-hydrogen) atoms. The summed E-state index contributed by atoms with van der Waals surface area (Å²) in [6.07, 6.45) is 0.529. The van der Waals surface area contributed by atoms with Crippen LogP contribution < -0.4 is 5.73 Å². The van der Waals surface area contributed by atoms with Gasteiger partial charge in [0.05, 0.1) is 0 Å². The van der Waals surface area contributed by atoms with Crippen molar-refractivity contribution in [2.45, 2.75) is 23.3 Å². The summed E-state index contributed by atoms with van der Waals surface area (Å²) in [4.78, 5) is 15.5. The van der Waals surface area contributed by atoms with Gasteiger partial charge >= 0.3 is 0 Å². The Morgan fingerprint density at radius 1 is 1.12 bits per heavy atom. The summed E-state index contributed by atoms with van der Waals surface area (Å²) in [5, 5.41) is 0.730. The van der Waals surface area contributed by atoms with Crippen LogP contribution in [-0.2, 0) is 4.79 Å². The van der Waals surface area contributed by atoms with Crippen LogP contribution in [0.1, 0.15) is 17.9 Å². The molecule has 3 rings (SSSR count). The van der Waals surface area contributed by atoms with Crippen molar-refractivity contribution in [3.05, 3.63) is 65.2 Å². The topological polar surface area (TPSA) is 46.3 Å². The number of benzene rings is 2. The number of halogens is 1. The van der Waals surface area contributed by atoms with E-state index in [2.05, 4.69) is 12.1 Å². The highest BCUT2D eigenvalue weighted by Gasteiger charge is 2.33. The van der Waals surface area contributed by atoms with Crippen LogP contribution in [0, 0.1) is 0 Å². The Bertz CT molecular complexity index is 678. The molecule has 2 atom stereocenters. The van der Waals surface area contributed by atoms with Gasteiger partial charge in [-0.2, -0.15) is 0 Å². The molecule has 1 amide bonds. The maximum Gasteiger partial charge on any atom is 0.223 e. The van der Waals surface area contributed by atoms with Gasteiger partial charge in [-0.3, -0.25) is 4.79 Å². The number of amides is 1. The van der Waals surface area contributed by atoms with Crippen molar-refractivity contribution in [3.8, 4) is 0 Å². The van der Waals surface area contributed by atoms with Crippen molar-refractivity contribution in [1.29, 1.82) is 0 Å². The highest BCUT2D eigenvalue weighted by atomic mass is 35.5. The van der Waals surface area contributed by atoms with Crippen molar-refractivity contribution in [1.82, 2.24) is 4.90 Å². The second kappa shape index (κ2) is 8.06. The van der Waals surface area contributed by atoms with E-state index in [1.54, 1.807) is 11.8 Å². The number of nitrogens with two attached hydrogens (primary N) is 1. The van der Waals surface area contributed by atoms with E-state index >= 15 is 0 Å². The highest BCUT2D eigenvalue weighted by Crippen LogP contribution is 2.27. The predicted octanol–water partition coefficient (Wildman–Crippen LogP) is 3.78. The van der Waals surface area contributed by atoms with Crippen LogP contribution in [-0.4, -0.2) is 35.7 Å². The zero-order chi connectivity index (χ0) is 16.9. The molecule has 5 heteroatoms. The molecule has 2 N–H and O–H groups in total. The normalized spacial score (nSPS) is 20.3. The number of carbonyl (C=O) groups excluding carboxylic acids is 1. The zero-order valence-electron chi connectivity index (χ0n) is 13.4. The van der Waals surface area contributed by atoms with Crippen molar-refractivity contribution >= 4 is 29.3 Å². The average Bonchev–Trinajstić information content (AvgIpc) is 2.99. The number of likely N-dealkylation sites (tertiary alicyclic amines) is 1. The number of carbonyl (C=O) groups is 1. The largest absolute Gasteiger partial charge is 0.340 e. The molecule has 1 aliphatic rings. The summed E-state index contributed by atoms with van der Waals surface area (Å²) in [6.45, 7) is 1.36. The first-order valence-corrected chi connectivity index (χ1v) is 9.46. The van der Waals surface area contributed by atoms with Crippen LogP contribution in [0.3, 0.4) is 0 Å². The third-order valence-electron chi connectivity index (χ3n) is 4.34. The summed E-state index contributed by atoms with van der Waals surface area (Å²) >= 11 is 7.56. The number of nitrogens with zero attached hydrogens (tertiary/aromatic N) is 1. The van der Waals surface area contributed by atoms with E-state index in [-0.39, 0.29) is 17.9 Å². The van der Waals surface area contributed by atoms with Gasteiger partial charge in [-0.05, 0) is 29.8 Å². The quantitative estimate of drug-likeness (QED) is 0.825. The van der Waals surface area contributed by atoms with Crippen LogP contribution in [0.2, 0.25) is 5.02 Å². The number of rotatable bonds is 5. The van der Waals surface area contributed by atoms with E-state index in [4.69, 9.17) is 17.3 Å². The summed E-state index contributed by atoms with van der Waals surface area (Å²) < 4.78 is 0. The average molecular weight is 361 g/mol. The minimum atomic E-state index is 0.0141. The molecule has 3 nitrogen and oxygen atoms in total. The Morgan fingerprint density at radius 3 is 2.54 bits per heavy atom. The molecule has 1 heterocycles. The Labute approximate surface area is 152 Å². The van der Waals surface area contributed by atoms with Gasteiger partial charge in [-0.25, -0.2) is 0 Å². The lowest BCUT2D eigenvalue weighted by atomic mass is 9.95. The first-order valence-electron chi connectivity index (χ1n) is 8.10. The Morgan fingerprint density at radius 2 is 1.83 bits per heavy atom. The van der Waals surface area contributed by atoms with Gasteiger partial charge in [0.1, 0.15) is 0 Å². The van der Waals surface area contributed by atoms with Gasteiger partial charge < -0.3 is 10.6 Å². The fraction of sp³-hybridized carbons (Fsp3) is 0.316. The molecule has 126 valence electrons. The van der Waals surface area contributed by atoms with Gasteiger partial charge in [0, 0.05) is 47.1 Å². The number of thioether (sulfide) groups is 1. The molecule has 1 saturated heterocycles. The molecule has 0 radical (unpaired) electrons. The Kier molecular flexibility index (Phi) is 5.82. The van der Waals surface area contributed by atoms with Gasteiger partial charge in [0.25, 0.3) is 0 Å². The lowest BCUT2D eigenvalue weighted by Gasteiger charge is -2.16. The van der Waals surface area contributed by atoms with Crippen LogP contribution in [0.5, 0.6) is 0 Å². The third-order valence-corrected chi connectivity index (χ3v) is 5.61. The second-order valence-electron chi connectivity index (χ2n) is 6.03. The molecule has 2 aromatic rings. The molecule has 0 aromatic heterocycles. The van der Waals surface area contributed by atoms with Crippen molar-refractivity contribution in [2.75, 3.05) is 18.8 Å². The maximum absolute atomic E-state index is 12.4. The molecule has 0 saturated carbocycles. The Balaban J connectivity index is 1.50. The zero-order valence-corrected chi connectivity index (χ0v) is 15.0. The van der Waals surface area contributed by atoms with Crippen LogP contribution in [0.15, 0.2) is 59.5 Å². The van der Waals surface area contributed by atoms with Gasteiger partial charge in [-0.1, -0.05) is 41.9 Å². The molecule has 0 spiro atoms. The molecule has 0 aliphatic carbocycles. The molecule has 1 fully saturated rings. The molecule has 0 bridgehead atoms. The van der Waals surface area contributed by atoms with Crippen molar-refractivity contribution < 1.29 is 4.79 Å². The summed E-state index contributed by atoms with van der Waals surface area (Å²) in [6, 6.07) is 17.9. The molecule has 1 aliphatic heterocycles. The summed E-state index contributed by atoms with van der Waals surface area (Å²) in [7, 11) is 0. The summed E-state index contributed by atoms with van der Waals surface area (Å²) in [5.41, 5.74) is 7.48. The fourth-order valence-corrected chi connectivity index (χ4v) is 4.00. The second-order valence-corrected chi connectivity index (χ2v) is 7.64. The van der Waals surface area contributed by atoms with Crippen LogP contribution in [0.4, 0.5) is 0 Å². The van der Waals surface area contributed by atoms with E-state index in [0.29, 0.717) is 13.0 Å². The number of hydrogen-bond acceptors (Lipinski definition) is 3. The minimum absolute atomic E-state index is 0.0141. The maximum atomic E-state index is 12.4. The molecule has 2 aromatic carbocycles. The monoisotopic (exact) mass is 360 g/mol. The lowest BCUT2D eigenvalue weighted by Crippen LogP contribution is -2.32. The molecular formula is C19H21ClN2OS. The van der Waals surface area contributed by atoms with E-state index in [9.17, 15) is 4.79 Å². The highest BCUT2D eigenvalue weighted by molar-refractivity contribution is 7.99. The number of hydrogen-bond donors (Lipinski definition) is 1. The van der Waals surface area contributed by atoms with Crippen LogP contribution in [0.25, 0.3) is 0 Å². The first kappa shape index (κ1) is 17.3. The van der Waals surface area contributed by atoms with E-state index < -0.39 is 0 Å². The molecule has 0 unspecified atom stereocenters. The van der Waals surface area contributed by atoms with E-state index in [1.165, 1.54) is 5.56 Å². The van der Waals surface area contributed by atoms with Gasteiger partial charge in [0.2, 0.25) is 5.91 Å². The van der Waals surface area contributed by atoms with Crippen molar-refractivity contribution in [3.63, 3.8) is 0 Å². The van der Waals surface area contributed by atoms with Gasteiger partial charge in [-0.15, -0.1) is 11.8 Å². The lowest BCUT2D eigenvalue weighted by molar-refractivity contribution is -0.129. The van der Waals surface area contributed by atoms with Crippen LogP contribution >= 0.6 is 23.4 Å². The van der Waals surface area contributed by atoms with E-state index in [1.807, 2.05) is 47.4 Å². The third kappa shape index (κ3) is 4.32. The SMILES string of the molecule is N[C@@H]1CN(C(=O)CCSc2ccc(Cl)cc2)C[C@H]1c1ccccc1. The molecular weight excluding hydrogens is 340 g/mol.